The second kappa shape index (κ2) is 8.65. The molecule has 3 rings (SSSR count). The minimum Gasteiger partial charge on any atom is -0.465 e. The Balaban J connectivity index is 1.64. The monoisotopic (exact) mass is 430 g/mol. The number of anilines is 1. The van der Waals surface area contributed by atoms with Crippen LogP contribution < -0.4 is 4.90 Å². The summed E-state index contributed by atoms with van der Waals surface area (Å²) in [4.78, 5) is 16.0. The van der Waals surface area contributed by atoms with Gasteiger partial charge >= 0.3 is 5.97 Å². The number of carbonyl (C=O) groups is 1. The highest BCUT2D eigenvalue weighted by molar-refractivity contribution is 6.42. The molecule has 0 N–H and O–H groups in total. The fourth-order valence-corrected chi connectivity index (χ4v) is 3.58. The number of carbonyl (C=O) groups excluding carboxylic acids is 1. The molecule has 0 radical (unpaired) electrons. The number of methoxy groups -OCH3 is 1. The van der Waals surface area contributed by atoms with E-state index in [2.05, 4.69) is 14.5 Å². The Hall–Kier alpha value is -1.53. The molecule has 2 aromatic rings. The van der Waals surface area contributed by atoms with Crippen molar-refractivity contribution in [3.63, 3.8) is 0 Å². The van der Waals surface area contributed by atoms with Crippen LogP contribution >= 0.6 is 34.8 Å². The highest BCUT2D eigenvalue weighted by atomic mass is 35.5. The van der Waals surface area contributed by atoms with Crippen LogP contribution in [0.3, 0.4) is 0 Å². The number of ether oxygens (including phenoxy) is 1. The molecule has 0 bridgehead atoms. The second-order valence-corrected chi connectivity index (χ2v) is 7.50. The first-order valence-corrected chi connectivity index (χ1v) is 9.51. The number of esters is 1. The molecule has 0 aromatic heterocycles. The third kappa shape index (κ3) is 4.66. The van der Waals surface area contributed by atoms with E-state index in [1.54, 1.807) is 6.07 Å². The maximum atomic E-state index is 14.2. The molecule has 0 atom stereocenters. The van der Waals surface area contributed by atoms with Gasteiger partial charge in [-0.25, -0.2) is 9.18 Å². The van der Waals surface area contributed by atoms with E-state index in [0.29, 0.717) is 27.2 Å². The largest absolute Gasteiger partial charge is 0.465 e. The summed E-state index contributed by atoms with van der Waals surface area (Å²) in [6, 6.07) is 8.22. The van der Waals surface area contributed by atoms with Crippen LogP contribution in [0.1, 0.15) is 15.9 Å². The highest BCUT2D eigenvalue weighted by Gasteiger charge is 2.21. The van der Waals surface area contributed by atoms with Gasteiger partial charge in [0.2, 0.25) is 0 Å². The molecule has 1 fully saturated rings. The third-order valence-electron chi connectivity index (χ3n) is 4.58. The van der Waals surface area contributed by atoms with E-state index >= 15 is 0 Å². The van der Waals surface area contributed by atoms with Gasteiger partial charge in [0, 0.05) is 43.4 Å². The standard InChI is InChI=1S/C19H18Cl3FN2O2/c1-27-19(26)14-10-16(21)12(8-18(14)23)11-24-4-6-25(7-5-24)13-2-3-15(20)17(22)9-13/h2-3,8-10H,4-7,11H2,1H3. The van der Waals surface area contributed by atoms with Crippen molar-refractivity contribution in [1.29, 1.82) is 0 Å². The Kier molecular flexibility index (Phi) is 6.48. The van der Waals surface area contributed by atoms with Gasteiger partial charge in [-0.05, 0) is 35.9 Å². The lowest BCUT2D eigenvalue weighted by atomic mass is 10.1. The topological polar surface area (TPSA) is 32.8 Å². The van der Waals surface area contributed by atoms with Crippen LogP contribution in [-0.2, 0) is 11.3 Å². The maximum absolute atomic E-state index is 14.2. The average Bonchev–Trinajstić information content (AvgIpc) is 2.66. The van der Waals surface area contributed by atoms with Crippen LogP contribution in [0.15, 0.2) is 30.3 Å². The molecule has 8 heteroatoms. The van der Waals surface area contributed by atoms with Crippen molar-refractivity contribution in [2.45, 2.75) is 6.54 Å². The van der Waals surface area contributed by atoms with Crippen molar-refractivity contribution < 1.29 is 13.9 Å². The summed E-state index contributed by atoms with van der Waals surface area (Å²) < 4.78 is 18.7. The number of hydrogen-bond acceptors (Lipinski definition) is 4. The zero-order valence-electron chi connectivity index (χ0n) is 14.6. The van der Waals surface area contributed by atoms with Gasteiger partial charge < -0.3 is 9.64 Å². The van der Waals surface area contributed by atoms with Gasteiger partial charge in [-0.3, -0.25) is 4.90 Å². The van der Waals surface area contributed by atoms with Crippen LogP contribution in [0, 0.1) is 5.82 Å². The Bertz CT molecular complexity index is 855. The van der Waals surface area contributed by atoms with Crippen LogP contribution in [-0.4, -0.2) is 44.2 Å². The quantitative estimate of drug-likeness (QED) is 0.645. The summed E-state index contributed by atoms with van der Waals surface area (Å²) >= 11 is 18.3. The minimum atomic E-state index is -0.740. The van der Waals surface area contributed by atoms with Crippen LogP contribution in [0.4, 0.5) is 10.1 Å². The molecular formula is C19H18Cl3FN2O2. The number of halogens is 4. The molecule has 0 aliphatic carbocycles. The van der Waals surface area contributed by atoms with Crippen LogP contribution in [0.5, 0.6) is 0 Å². The number of piperazine rings is 1. The molecule has 1 heterocycles. The lowest BCUT2D eigenvalue weighted by Gasteiger charge is -2.36. The fourth-order valence-electron chi connectivity index (χ4n) is 3.06. The van der Waals surface area contributed by atoms with Crippen molar-refractivity contribution in [2.75, 3.05) is 38.2 Å². The van der Waals surface area contributed by atoms with E-state index in [1.807, 2.05) is 12.1 Å². The molecule has 0 amide bonds. The van der Waals surface area contributed by atoms with Gasteiger partial charge in [-0.1, -0.05) is 34.8 Å². The SMILES string of the molecule is COC(=O)c1cc(Cl)c(CN2CCN(c3ccc(Cl)c(Cl)c3)CC2)cc1F. The van der Waals surface area contributed by atoms with Crippen LogP contribution in [0.2, 0.25) is 15.1 Å². The fraction of sp³-hybridized carbons (Fsp3) is 0.316. The highest BCUT2D eigenvalue weighted by Crippen LogP contribution is 2.28. The van der Waals surface area contributed by atoms with Gasteiger partial charge in [0.1, 0.15) is 5.82 Å². The summed E-state index contributed by atoms with van der Waals surface area (Å²) in [7, 11) is 1.21. The van der Waals surface area contributed by atoms with Crippen molar-refractivity contribution in [3.8, 4) is 0 Å². The Morgan fingerprint density at radius 2 is 1.74 bits per heavy atom. The van der Waals surface area contributed by atoms with Gasteiger partial charge in [-0.2, -0.15) is 0 Å². The predicted molar refractivity (Wildman–Crippen MR) is 107 cm³/mol. The lowest BCUT2D eigenvalue weighted by Crippen LogP contribution is -2.46. The molecule has 4 nitrogen and oxygen atoms in total. The Labute approximate surface area is 172 Å². The third-order valence-corrected chi connectivity index (χ3v) is 5.67. The van der Waals surface area contributed by atoms with E-state index in [4.69, 9.17) is 34.8 Å². The van der Waals surface area contributed by atoms with Gasteiger partial charge in [0.25, 0.3) is 0 Å². The zero-order chi connectivity index (χ0) is 19.6. The first-order chi connectivity index (χ1) is 12.9. The Morgan fingerprint density at radius 1 is 1.04 bits per heavy atom. The zero-order valence-corrected chi connectivity index (χ0v) is 16.9. The van der Waals surface area contributed by atoms with E-state index in [0.717, 1.165) is 31.9 Å². The molecule has 0 unspecified atom stereocenters. The second-order valence-electron chi connectivity index (χ2n) is 6.28. The molecule has 0 spiro atoms. The molecule has 27 heavy (non-hydrogen) atoms. The van der Waals surface area contributed by atoms with Gasteiger partial charge in [-0.15, -0.1) is 0 Å². The predicted octanol–water partition coefficient (Wildman–Crippen LogP) is 4.89. The van der Waals surface area contributed by atoms with E-state index in [-0.39, 0.29) is 5.56 Å². The van der Waals surface area contributed by atoms with Crippen LogP contribution in [0.25, 0.3) is 0 Å². The van der Waals surface area contributed by atoms with E-state index in [9.17, 15) is 9.18 Å². The molecule has 2 aromatic carbocycles. The average molecular weight is 432 g/mol. The summed E-state index contributed by atoms with van der Waals surface area (Å²) in [6.07, 6.45) is 0. The van der Waals surface area contributed by atoms with Crippen molar-refractivity contribution in [1.82, 2.24) is 4.90 Å². The number of nitrogens with zero attached hydrogens (tertiary/aromatic N) is 2. The normalized spacial score (nSPS) is 15.1. The molecule has 0 saturated carbocycles. The van der Waals surface area contributed by atoms with Crippen molar-refractivity contribution >= 4 is 46.5 Å². The van der Waals surface area contributed by atoms with E-state index in [1.165, 1.54) is 19.2 Å². The van der Waals surface area contributed by atoms with Gasteiger partial charge in [0.15, 0.2) is 0 Å². The number of hydrogen-bond donors (Lipinski definition) is 0. The maximum Gasteiger partial charge on any atom is 0.340 e. The molecule has 144 valence electrons. The summed E-state index contributed by atoms with van der Waals surface area (Å²) in [5.41, 5.74) is 1.51. The summed E-state index contributed by atoms with van der Waals surface area (Å²) in [5.74, 6) is -1.37. The Morgan fingerprint density at radius 3 is 2.37 bits per heavy atom. The minimum absolute atomic E-state index is 0.157. The molecule has 1 saturated heterocycles. The molecule has 1 aliphatic rings. The van der Waals surface area contributed by atoms with Crippen molar-refractivity contribution in [2.24, 2.45) is 0 Å². The summed E-state index contributed by atoms with van der Waals surface area (Å²) in [6.45, 7) is 3.69. The first-order valence-electron chi connectivity index (χ1n) is 8.37. The van der Waals surface area contributed by atoms with Gasteiger partial charge in [0.05, 0.1) is 22.7 Å². The van der Waals surface area contributed by atoms with E-state index < -0.39 is 11.8 Å². The number of rotatable bonds is 4. The smallest absolute Gasteiger partial charge is 0.340 e. The van der Waals surface area contributed by atoms with Crippen molar-refractivity contribution in [3.05, 3.63) is 62.3 Å². The first kappa shape index (κ1) is 20.2. The number of benzene rings is 2. The summed E-state index contributed by atoms with van der Waals surface area (Å²) in [5, 5.41) is 1.42. The molecular weight excluding hydrogens is 414 g/mol. The lowest BCUT2D eigenvalue weighted by molar-refractivity contribution is 0.0595. The molecule has 1 aliphatic heterocycles.